The van der Waals surface area contributed by atoms with Crippen LogP contribution >= 0.6 is 34.4 Å². The van der Waals surface area contributed by atoms with E-state index in [1.807, 2.05) is 79.5 Å². The maximum absolute atomic E-state index is 12.1. The molecule has 0 spiro atoms. The van der Waals surface area contributed by atoms with E-state index >= 15 is 0 Å². The van der Waals surface area contributed by atoms with Crippen molar-refractivity contribution in [3.8, 4) is 0 Å². The molecule has 2 aromatic heterocycles. The Morgan fingerprint density at radius 1 is 0.789 bits per heavy atom. The molecule has 200 valence electrons. The first kappa shape index (κ1) is 29.4. The predicted molar refractivity (Wildman–Crippen MR) is 158 cm³/mol. The normalized spacial score (nSPS) is 10.3. The highest BCUT2D eigenvalue weighted by atomic mass is 32.2. The lowest BCUT2D eigenvalue weighted by atomic mass is 10.1. The molecule has 0 fully saturated rings. The molecule has 2 heterocycles. The second-order valence-electron chi connectivity index (χ2n) is 8.09. The van der Waals surface area contributed by atoms with Crippen LogP contribution in [0.4, 0.5) is 10.3 Å². The first-order valence-electron chi connectivity index (χ1n) is 12.4. The van der Waals surface area contributed by atoms with Crippen LogP contribution in [0.15, 0.2) is 60.7 Å². The molecule has 8 nitrogen and oxygen atoms in total. The number of carbonyl (C=O) groups excluding carboxylic acids is 2. The van der Waals surface area contributed by atoms with Gasteiger partial charge in [0.2, 0.25) is 16.2 Å². The number of nitrogens with one attached hydrogen (secondary N) is 2. The minimum absolute atomic E-state index is 0.0288. The number of anilines is 2. The molecule has 0 radical (unpaired) electrons. The van der Waals surface area contributed by atoms with Crippen LogP contribution in [0, 0.1) is 0 Å². The number of amides is 1. The Kier molecular flexibility index (Phi) is 13.4. The summed E-state index contributed by atoms with van der Waals surface area (Å²) >= 11 is 4.90. The number of carbonyl (C=O) groups is 2. The Bertz CT molecular complexity index is 1220. The second kappa shape index (κ2) is 17.4. The Hall–Kier alpha value is -3.15. The highest BCUT2D eigenvalue weighted by Gasteiger charge is 2.09. The fourth-order valence-electron chi connectivity index (χ4n) is 3.24. The number of hydrogen-bond donors (Lipinski definition) is 2. The number of hydrogen-bond acceptors (Lipinski definition) is 10. The first-order chi connectivity index (χ1) is 18.7. The van der Waals surface area contributed by atoms with Gasteiger partial charge >= 0.3 is 0 Å². The van der Waals surface area contributed by atoms with Crippen LogP contribution in [-0.2, 0) is 35.3 Å². The van der Waals surface area contributed by atoms with Gasteiger partial charge in [-0.15, -0.1) is 20.4 Å². The number of rotatable bonds is 14. The third-order valence-corrected chi connectivity index (χ3v) is 8.08. The van der Waals surface area contributed by atoms with Crippen molar-refractivity contribution < 1.29 is 9.59 Å². The molecule has 0 aliphatic carbocycles. The monoisotopic (exact) mass is 568 g/mol. The number of aromatic nitrogens is 4. The Balaban J connectivity index is 0.000000336. The van der Waals surface area contributed by atoms with Gasteiger partial charge in [0.1, 0.15) is 16.3 Å². The topological polar surface area (TPSA) is 110 Å². The number of aldehydes is 1. The van der Waals surface area contributed by atoms with E-state index in [4.69, 9.17) is 0 Å². The van der Waals surface area contributed by atoms with Crippen LogP contribution in [-0.4, -0.2) is 51.1 Å². The van der Waals surface area contributed by atoms with Crippen LogP contribution in [0.1, 0.15) is 34.0 Å². The van der Waals surface area contributed by atoms with Crippen molar-refractivity contribution in [1.82, 2.24) is 20.4 Å². The van der Waals surface area contributed by atoms with Crippen molar-refractivity contribution in [3.05, 3.63) is 81.8 Å². The van der Waals surface area contributed by atoms with Gasteiger partial charge in [0.05, 0.1) is 0 Å². The molecule has 0 atom stereocenters. The summed E-state index contributed by atoms with van der Waals surface area (Å²) in [6, 6.07) is 20.0. The minimum Gasteiger partial charge on any atom is -0.363 e. The van der Waals surface area contributed by atoms with Gasteiger partial charge in [-0.3, -0.25) is 4.79 Å². The third kappa shape index (κ3) is 11.5. The molecule has 2 aromatic carbocycles. The van der Waals surface area contributed by atoms with Gasteiger partial charge in [-0.2, -0.15) is 11.8 Å². The molecule has 38 heavy (non-hydrogen) atoms. The molecular formula is C27H32N6O2S3. The van der Waals surface area contributed by atoms with Gasteiger partial charge in [0.25, 0.3) is 0 Å². The fraction of sp³-hybridized carbons (Fsp3) is 0.333. The molecular weight excluding hydrogens is 537 g/mol. The molecule has 0 unspecified atom stereocenters. The van der Waals surface area contributed by atoms with Gasteiger partial charge in [0, 0.05) is 32.7 Å². The highest BCUT2D eigenvalue weighted by molar-refractivity contribution is 7.99. The third-order valence-electron chi connectivity index (χ3n) is 5.19. The lowest BCUT2D eigenvalue weighted by Gasteiger charge is -2.01. The standard InChI is InChI=1S/C18H22N6OS3.C9H10O/c1-19-17-23-21-15(27-17)9-11-26-12-10-16-22-24-18(28-16)20-14(25)8-7-13-5-3-2-4-6-13;10-8-4-7-9-5-2-1-3-6-9/h2-6H,7-12H2,1H3,(H,19,23)(H,20,24,25);1-3,5-6,8H,4,7H2. The van der Waals surface area contributed by atoms with Crippen molar-refractivity contribution in [2.75, 3.05) is 29.2 Å². The van der Waals surface area contributed by atoms with Crippen LogP contribution in [0.2, 0.25) is 0 Å². The van der Waals surface area contributed by atoms with Gasteiger partial charge in [0.15, 0.2) is 0 Å². The van der Waals surface area contributed by atoms with Gasteiger partial charge < -0.3 is 15.4 Å². The smallest absolute Gasteiger partial charge is 0.226 e. The molecule has 4 rings (SSSR count). The Labute approximate surface area is 235 Å². The summed E-state index contributed by atoms with van der Waals surface area (Å²) in [7, 11) is 1.85. The molecule has 2 N–H and O–H groups in total. The average Bonchev–Trinajstić information content (AvgIpc) is 3.61. The van der Waals surface area contributed by atoms with Crippen LogP contribution in [0.25, 0.3) is 0 Å². The summed E-state index contributed by atoms with van der Waals surface area (Å²) in [5, 5.41) is 25.7. The minimum atomic E-state index is -0.0288. The molecule has 0 bridgehead atoms. The molecule has 0 saturated carbocycles. The Morgan fingerprint density at radius 2 is 1.34 bits per heavy atom. The summed E-state index contributed by atoms with van der Waals surface area (Å²) < 4.78 is 0. The van der Waals surface area contributed by atoms with Crippen molar-refractivity contribution in [3.63, 3.8) is 0 Å². The van der Waals surface area contributed by atoms with Crippen LogP contribution in [0.3, 0.4) is 0 Å². The van der Waals surface area contributed by atoms with Gasteiger partial charge in [-0.1, -0.05) is 83.3 Å². The molecule has 0 aliphatic heterocycles. The van der Waals surface area contributed by atoms with Crippen molar-refractivity contribution >= 4 is 56.9 Å². The largest absolute Gasteiger partial charge is 0.363 e. The van der Waals surface area contributed by atoms with Crippen molar-refractivity contribution in [1.29, 1.82) is 0 Å². The zero-order valence-corrected chi connectivity index (χ0v) is 23.8. The van der Waals surface area contributed by atoms with Gasteiger partial charge in [-0.05, 0) is 35.5 Å². The van der Waals surface area contributed by atoms with E-state index in [1.165, 1.54) is 16.9 Å². The maximum Gasteiger partial charge on any atom is 0.226 e. The summed E-state index contributed by atoms with van der Waals surface area (Å²) in [5.41, 5.74) is 2.39. The van der Waals surface area contributed by atoms with E-state index in [0.29, 0.717) is 18.0 Å². The fourth-order valence-corrected chi connectivity index (χ4v) is 5.82. The molecule has 0 saturated heterocycles. The lowest BCUT2D eigenvalue weighted by Crippen LogP contribution is -2.12. The van der Waals surface area contributed by atoms with Crippen LogP contribution in [0.5, 0.6) is 0 Å². The van der Waals surface area contributed by atoms with Gasteiger partial charge in [-0.25, -0.2) is 0 Å². The molecule has 11 heteroatoms. The maximum atomic E-state index is 12.1. The van der Waals surface area contributed by atoms with E-state index in [9.17, 15) is 9.59 Å². The zero-order chi connectivity index (χ0) is 26.8. The van der Waals surface area contributed by atoms with E-state index in [1.54, 1.807) is 11.3 Å². The van der Waals surface area contributed by atoms with Crippen LogP contribution < -0.4 is 10.6 Å². The highest BCUT2D eigenvalue weighted by Crippen LogP contribution is 2.19. The van der Waals surface area contributed by atoms with Crippen molar-refractivity contribution in [2.24, 2.45) is 0 Å². The summed E-state index contributed by atoms with van der Waals surface area (Å²) in [4.78, 5) is 22.0. The lowest BCUT2D eigenvalue weighted by molar-refractivity contribution is -0.116. The SMILES string of the molecule is CNc1nnc(CCSCCc2nnc(NC(=O)CCc3ccccc3)s2)s1.O=CCCc1ccccc1. The van der Waals surface area contributed by atoms with E-state index in [2.05, 4.69) is 31.0 Å². The molecule has 1 amide bonds. The zero-order valence-electron chi connectivity index (χ0n) is 21.3. The number of benzene rings is 2. The van der Waals surface area contributed by atoms with E-state index in [0.717, 1.165) is 64.2 Å². The molecule has 4 aromatic rings. The average molecular weight is 569 g/mol. The number of aryl methyl sites for hydroxylation is 4. The van der Waals surface area contributed by atoms with E-state index in [-0.39, 0.29) is 5.91 Å². The first-order valence-corrected chi connectivity index (χ1v) is 15.2. The van der Waals surface area contributed by atoms with Crippen molar-refractivity contribution in [2.45, 2.75) is 38.5 Å². The number of thioether (sulfide) groups is 1. The summed E-state index contributed by atoms with van der Waals surface area (Å²) in [6.45, 7) is 0. The summed E-state index contributed by atoms with van der Waals surface area (Å²) in [6.07, 6.45) is 5.37. The van der Waals surface area contributed by atoms with E-state index < -0.39 is 0 Å². The number of nitrogens with zero attached hydrogens (tertiary/aromatic N) is 4. The summed E-state index contributed by atoms with van der Waals surface area (Å²) in [5.74, 6) is 1.94. The molecule has 0 aliphatic rings. The Morgan fingerprint density at radius 3 is 1.89 bits per heavy atom. The quantitative estimate of drug-likeness (QED) is 0.155. The second-order valence-corrected chi connectivity index (χ2v) is 11.4. The predicted octanol–water partition coefficient (Wildman–Crippen LogP) is 5.34.